The monoisotopic (exact) mass is 233 g/mol. The molecular formula is C12H15N3S. The van der Waals surface area contributed by atoms with Crippen molar-refractivity contribution in [3.63, 3.8) is 0 Å². The summed E-state index contributed by atoms with van der Waals surface area (Å²) in [6, 6.07) is 4.27. The fourth-order valence-electron chi connectivity index (χ4n) is 1.64. The predicted octanol–water partition coefficient (Wildman–Crippen LogP) is 2.55. The van der Waals surface area contributed by atoms with Crippen molar-refractivity contribution in [2.24, 2.45) is 0 Å². The lowest BCUT2D eigenvalue weighted by Crippen LogP contribution is -2.21. The first kappa shape index (κ1) is 11.2. The van der Waals surface area contributed by atoms with E-state index in [9.17, 15) is 0 Å². The molecule has 0 bridgehead atoms. The SMILES string of the molecule is CCNC(c1cccnc1)c1cnc(C)s1. The molecule has 0 saturated heterocycles. The van der Waals surface area contributed by atoms with E-state index in [1.807, 2.05) is 25.4 Å². The molecule has 84 valence electrons. The number of nitrogens with one attached hydrogen (secondary N) is 1. The maximum atomic E-state index is 4.30. The van der Waals surface area contributed by atoms with Crippen LogP contribution in [-0.4, -0.2) is 16.5 Å². The molecule has 0 fully saturated rings. The van der Waals surface area contributed by atoms with Crippen LogP contribution in [0.2, 0.25) is 0 Å². The first-order chi connectivity index (χ1) is 7.81. The van der Waals surface area contributed by atoms with E-state index in [0.717, 1.165) is 11.6 Å². The maximum Gasteiger partial charge on any atom is 0.0897 e. The number of aryl methyl sites for hydroxylation is 1. The Balaban J connectivity index is 2.31. The first-order valence-electron chi connectivity index (χ1n) is 5.37. The first-order valence-corrected chi connectivity index (χ1v) is 6.18. The molecule has 2 aromatic rings. The van der Waals surface area contributed by atoms with Crippen molar-refractivity contribution in [3.8, 4) is 0 Å². The molecule has 0 radical (unpaired) electrons. The number of aromatic nitrogens is 2. The van der Waals surface area contributed by atoms with Crippen LogP contribution in [0.3, 0.4) is 0 Å². The molecule has 3 nitrogen and oxygen atoms in total. The number of hydrogen-bond donors (Lipinski definition) is 1. The summed E-state index contributed by atoms with van der Waals surface area (Å²) in [5.74, 6) is 0. The van der Waals surface area contributed by atoms with E-state index in [-0.39, 0.29) is 6.04 Å². The Morgan fingerprint density at radius 3 is 2.88 bits per heavy atom. The summed E-state index contributed by atoms with van der Waals surface area (Å²) in [6.45, 7) is 5.06. The van der Waals surface area contributed by atoms with Gasteiger partial charge in [0.1, 0.15) is 0 Å². The fraction of sp³-hybridized carbons (Fsp3) is 0.333. The quantitative estimate of drug-likeness (QED) is 0.882. The fourth-order valence-corrected chi connectivity index (χ4v) is 2.53. The molecule has 4 heteroatoms. The molecule has 16 heavy (non-hydrogen) atoms. The van der Waals surface area contributed by atoms with Gasteiger partial charge in [-0.15, -0.1) is 11.3 Å². The molecule has 0 aliphatic rings. The van der Waals surface area contributed by atoms with Gasteiger partial charge in [-0.1, -0.05) is 13.0 Å². The lowest BCUT2D eigenvalue weighted by Gasteiger charge is -2.15. The van der Waals surface area contributed by atoms with Crippen molar-refractivity contribution in [1.82, 2.24) is 15.3 Å². The summed E-state index contributed by atoms with van der Waals surface area (Å²) in [5.41, 5.74) is 1.19. The van der Waals surface area contributed by atoms with Crippen molar-refractivity contribution in [1.29, 1.82) is 0 Å². The molecule has 0 amide bonds. The minimum Gasteiger partial charge on any atom is -0.306 e. The molecule has 2 rings (SSSR count). The van der Waals surface area contributed by atoms with Gasteiger partial charge in [-0.05, 0) is 25.1 Å². The van der Waals surface area contributed by atoms with Gasteiger partial charge in [0.25, 0.3) is 0 Å². The van der Waals surface area contributed by atoms with Crippen LogP contribution in [0, 0.1) is 6.92 Å². The van der Waals surface area contributed by atoms with E-state index < -0.39 is 0 Å². The van der Waals surface area contributed by atoms with Gasteiger partial charge >= 0.3 is 0 Å². The van der Waals surface area contributed by atoms with E-state index in [0.29, 0.717) is 0 Å². The van der Waals surface area contributed by atoms with Crippen LogP contribution in [0.5, 0.6) is 0 Å². The highest BCUT2D eigenvalue weighted by atomic mass is 32.1. The van der Waals surface area contributed by atoms with Crippen LogP contribution < -0.4 is 5.32 Å². The Morgan fingerprint density at radius 1 is 1.44 bits per heavy atom. The van der Waals surface area contributed by atoms with Crippen molar-refractivity contribution in [2.45, 2.75) is 19.9 Å². The Hall–Kier alpha value is -1.26. The molecule has 0 aromatic carbocycles. The standard InChI is InChI=1S/C12H15N3S/c1-3-14-12(10-5-4-6-13-7-10)11-8-15-9(2)16-11/h4-8,12,14H,3H2,1-2H3. The average molecular weight is 233 g/mol. The van der Waals surface area contributed by atoms with Gasteiger partial charge in [0.2, 0.25) is 0 Å². The third-order valence-corrected chi connectivity index (χ3v) is 3.33. The third-order valence-electron chi connectivity index (χ3n) is 2.35. The summed E-state index contributed by atoms with van der Waals surface area (Å²) < 4.78 is 0. The van der Waals surface area contributed by atoms with Crippen LogP contribution in [0.1, 0.15) is 28.4 Å². The number of thiazole rings is 1. The second-order valence-electron chi connectivity index (χ2n) is 3.56. The van der Waals surface area contributed by atoms with Gasteiger partial charge in [0.05, 0.1) is 11.0 Å². The number of nitrogens with zero attached hydrogens (tertiary/aromatic N) is 2. The van der Waals surface area contributed by atoms with E-state index >= 15 is 0 Å². The van der Waals surface area contributed by atoms with Crippen molar-refractivity contribution < 1.29 is 0 Å². The van der Waals surface area contributed by atoms with E-state index in [2.05, 4.69) is 28.3 Å². The zero-order valence-electron chi connectivity index (χ0n) is 9.47. The lowest BCUT2D eigenvalue weighted by atomic mass is 10.1. The molecule has 0 aliphatic heterocycles. The average Bonchev–Trinajstić information content (AvgIpc) is 2.74. The minimum absolute atomic E-state index is 0.213. The van der Waals surface area contributed by atoms with Crippen molar-refractivity contribution in [2.75, 3.05) is 6.54 Å². The second kappa shape index (κ2) is 5.18. The molecular weight excluding hydrogens is 218 g/mol. The van der Waals surface area contributed by atoms with Gasteiger partial charge in [-0.2, -0.15) is 0 Å². The van der Waals surface area contributed by atoms with Crippen LogP contribution in [0.15, 0.2) is 30.7 Å². The van der Waals surface area contributed by atoms with Gasteiger partial charge in [-0.25, -0.2) is 4.98 Å². The third kappa shape index (κ3) is 2.46. The summed E-state index contributed by atoms with van der Waals surface area (Å²) in [4.78, 5) is 9.71. The van der Waals surface area contributed by atoms with Crippen molar-refractivity contribution >= 4 is 11.3 Å². The van der Waals surface area contributed by atoms with E-state index in [1.54, 1.807) is 17.5 Å². The largest absolute Gasteiger partial charge is 0.306 e. The second-order valence-corrected chi connectivity index (χ2v) is 4.83. The minimum atomic E-state index is 0.213. The van der Waals surface area contributed by atoms with Crippen molar-refractivity contribution in [3.05, 3.63) is 46.2 Å². The summed E-state index contributed by atoms with van der Waals surface area (Å²) in [7, 11) is 0. The molecule has 0 aliphatic carbocycles. The van der Waals surface area contributed by atoms with Gasteiger partial charge in [-0.3, -0.25) is 4.98 Å². The summed E-state index contributed by atoms with van der Waals surface area (Å²) in [5, 5.41) is 4.56. The van der Waals surface area contributed by atoms with Crippen LogP contribution >= 0.6 is 11.3 Å². The molecule has 1 unspecified atom stereocenters. The highest BCUT2D eigenvalue weighted by molar-refractivity contribution is 7.11. The normalized spacial score (nSPS) is 12.6. The van der Waals surface area contributed by atoms with Gasteiger partial charge in [0.15, 0.2) is 0 Å². The Kier molecular flexibility index (Phi) is 3.64. The van der Waals surface area contributed by atoms with Crippen LogP contribution in [-0.2, 0) is 0 Å². The molecule has 0 spiro atoms. The highest BCUT2D eigenvalue weighted by Crippen LogP contribution is 2.25. The summed E-state index contributed by atoms with van der Waals surface area (Å²) >= 11 is 1.73. The highest BCUT2D eigenvalue weighted by Gasteiger charge is 2.15. The molecule has 2 heterocycles. The molecule has 2 aromatic heterocycles. The van der Waals surface area contributed by atoms with Gasteiger partial charge < -0.3 is 5.32 Å². The topological polar surface area (TPSA) is 37.8 Å². The molecule has 0 saturated carbocycles. The van der Waals surface area contributed by atoms with E-state index in [1.165, 1.54) is 10.4 Å². The van der Waals surface area contributed by atoms with E-state index in [4.69, 9.17) is 0 Å². The van der Waals surface area contributed by atoms with Gasteiger partial charge in [0, 0.05) is 23.5 Å². The molecule has 1 atom stereocenters. The number of pyridine rings is 1. The maximum absolute atomic E-state index is 4.30. The summed E-state index contributed by atoms with van der Waals surface area (Å²) in [6.07, 6.45) is 5.65. The zero-order valence-corrected chi connectivity index (χ0v) is 10.3. The number of rotatable bonds is 4. The Morgan fingerprint density at radius 2 is 2.31 bits per heavy atom. The predicted molar refractivity (Wildman–Crippen MR) is 66.6 cm³/mol. The zero-order chi connectivity index (χ0) is 11.4. The molecule has 1 N–H and O–H groups in total. The lowest BCUT2D eigenvalue weighted by molar-refractivity contribution is 0.636. The Labute approximate surface area is 99.6 Å². The number of hydrogen-bond acceptors (Lipinski definition) is 4. The smallest absolute Gasteiger partial charge is 0.0897 e. The van der Waals surface area contributed by atoms with Crippen LogP contribution in [0.4, 0.5) is 0 Å². The van der Waals surface area contributed by atoms with Crippen LogP contribution in [0.25, 0.3) is 0 Å². The Bertz CT molecular complexity index is 439.